The van der Waals surface area contributed by atoms with Crippen LogP contribution in [0.1, 0.15) is 5.69 Å². The van der Waals surface area contributed by atoms with Crippen molar-refractivity contribution in [1.29, 1.82) is 0 Å². The number of nitrogens with one attached hydrogen (secondary N) is 1. The van der Waals surface area contributed by atoms with E-state index in [1.165, 1.54) is 6.07 Å². The second-order valence-corrected chi connectivity index (χ2v) is 3.87. The third-order valence-corrected chi connectivity index (χ3v) is 2.56. The number of nitro groups is 1. The lowest BCUT2D eigenvalue weighted by Crippen LogP contribution is -2.04. The maximum absolute atomic E-state index is 10.9. The fourth-order valence-corrected chi connectivity index (χ4v) is 1.70. The molecule has 1 heterocycles. The molecule has 92 valence electrons. The minimum absolute atomic E-state index is 0.101. The Morgan fingerprint density at radius 2 is 2.17 bits per heavy atom. The summed E-state index contributed by atoms with van der Waals surface area (Å²) in [5, 5.41) is 21.5. The quantitative estimate of drug-likeness (QED) is 0.678. The summed E-state index contributed by atoms with van der Waals surface area (Å²) in [4.78, 5) is 10.4. The Morgan fingerprint density at radius 1 is 1.33 bits per heavy atom. The zero-order valence-corrected chi connectivity index (χ0v) is 9.96. The third-order valence-electron chi connectivity index (χ3n) is 2.26. The summed E-state index contributed by atoms with van der Waals surface area (Å²) < 4.78 is 0. The van der Waals surface area contributed by atoms with Gasteiger partial charge in [0.05, 0.1) is 17.2 Å². The Morgan fingerprint density at radius 3 is 2.83 bits per heavy atom. The van der Waals surface area contributed by atoms with Gasteiger partial charge in [-0.1, -0.05) is 17.7 Å². The Hall–Kier alpha value is -2.21. The number of nitro benzene ring substituents is 1. The monoisotopic (exact) mass is 264 g/mol. The number of para-hydroxylation sites is 1. The van der Waals surface area contributed by atoms with Crippen LogP contribution in [0.5, 0.6) is 0 Å². The van der Waals surface area contributed by atoms with Gasteiger partial charge in [-0.25, -0.2) is 0 Å². The number of nitrogens with zero attached hydrogens (tertiary/aromatic N) is 3. The smallest absolute Gasteiger partial charge is 0.310 e. The highest BCUT2D eigenvalue weighted by Gasteiger charge is 2.17. The highest BCUT2D eigenvalue weighted by atomic mass is 35.5. The maximum Gasteiger partial charge on any atom is 0.310 e. The molecule has 0 radical (unpaired) electrons. The summed E-state index contributed by atoms with van der Waals surface area (Å²) in [5.74, 6) is 0. The van der Waals surface area contributed by atoms with Crippen LogP contribution in [0, 0.1) is 10.1 Å². The van der Waals surface area contributed by atoms with Crippen LogP contribution in [0.3, 0.4) is 0 Å². The standard InChI is InChI=1S/C11H9ClN4O2/c12-9-4-1-5-10(11(9)16(17)18)13-7-8-3-2-6-14-15-8/h1-6,13H,7H2. The van der Waals surface area contributed by atoms with Gasteiger partial charge in [-0.3, -0.25) is 10.1 Å². The van der Waals surface area contributed by atoms with Crippen molar-refractivity contribution in [3.63, 3.8) is 0 Å². The van der Waals surface area contributed by atoms with Gasteiger partial charge in [0.1, 0.15) is 10.7 Å². The van der Waals surface area contributed by atoms with Crippen LogP contribution in [0.25, 0.3) is 0 Å². The molecule has 0 saturated carbocycles. The zero-order valence-electron chi connectivity index (χ0n) is 9.21. The van der Waals surface area contributed by atoms with E-state index >= 15 is 0 Å². The molecule has 0 spiro atoms. The molecule has 1 aromatic carbocycles. The number of anilines is 1. The molecule has 1 aromatic heterocycles. The van der Waals surface area contributed by atoms with Gasteiger partial charge in [-0.15, -0.1) is 0 Å². The van der Waals surface area contributed by atoms with E-state index in [1.54, 1.807) is 30.5 Å². The summed E-state index contributed by atoms with van der Waals surface area (Å²) in [7, 11) is 0. The number of hydrogen-bond donors (Lipinski definition) is 1. The van der Waals surface area contributed by atoms with Crippen molar-refractivity contribution in [3.8, 4) is 0 Å². The molecule has 0 aliphatic carbocycles. The van der Waals surface area contributed by atoms with E-state index in [-0.39, 0.29) is 10.7 Å². The predicted molar refractivity (Wildman–Crippen MR) is 67.5 cm³/mol. The van der Waals surface area contributed by atoms with Crippen LogP contribution >= 0.6 is 11.6 Å². The van der Waals surface area contributed by atoms with Gasteiger partial charge in [-0.05, 0) is 24.3 Å². The molecule has 0 atom stereocenters. The van der Waals surface area contributed by atoms with Crippen LogP contribution in [0.4, 0.5) is 11.4 Å². The molecule has 0 fully saturated rings. The molecular weight excluding hydrogens is 256 g/mol. The van der Waals surface area contributed by atoms with E-state index in [9.17, 15) is 10.1 Å². The molecule has 2 rings (SSSR count). The molecule has 1 N–H and O–H groups in total. The Bertz CT molecular complexity index is 562. The highest BCUT2D eigenvalue weighted by Crippen LogP contribution is 2.32. The Balaban J connectivity index is 2.20. The molecule has 0 aliphatic rings. The minimum Gasteiger partial charge on any atom is -0.374 e. The largest absolute Gasteiger partial charge is 0.374 e. The van der Waals surface area contributed by atoms with Crippen molar-refractivity contribution < 1.29 is 4.92 Å². The topological polar surface area (TPSA) is 81.0 Å². The number of hydrogen-bond acceptors (Lipinski definition) is 5. The van der Waals surface area contributed by atoms with Gasteiger partial charge in [-0.2, -0.15) is 10.2 Å². The molecular formula is C11H9ClN4O2. The van der Waals surface area contributed by atoms with E-state index in [0.29, 0.717) is 17.9 Å². The summed E-state index contributed by atoms with van der Waals surface area (Å²) in [6.07, 6.45) is 1.56. The molecule has 0 amide bonds. The van der Waals surface area contributed by atoms with Crippen molar-refractivity contribution in [3.05, 3.63) is 57.4 Å². The second kappa shape index (κ2) is 5.42. The average molecular weight is 265 g/mol. The number of benzene rings is 1. The maximum atomic E-state index is 10.9. The van der Waals surface area contributed by atoms with Crippen LogP contribution < -0.4 is 5.32 Å². The lowest BCUT2D eigenvalue weighted by atomic mass is 10.2. The van der Waals surface area contributed by atoms with Gasteiger partial charge in [0.2, 0.25) is 0 Å². The molecule has 0 unspecified atom stereocenters. The van der Waals surface area contributed by atoms with Crippen molar-refractivity contribution in [2.75, 3.05) is 5.32 Å². The SMILES string of the molecule is O=[N+]([O-])c1c(Cl)cccc1NCc1cccnn1. The van der Waals surface area contributed by atoms with E-state index in [0.717, 1.165) is 0 Å². The highest BCUT2D eigenvalue weighted by molar-refractivity contribution is 6.33. The van der Waals surface area contributed by atoms with E-state index in [2.05, 4.69) is 15.5 Å². The van der Waals surface area contributed by atoms with E-state index < -0.39 is 4.92 Å². The zero-order chi connectivity index (χ0) is 13.0. The van der Waals surface area contributed by atoms with E-state index in [1.807, 2.05) is 0 Å². The van der Waals surface area contributed by atoms with Crippen molar-refractivity contribution in [2.45, 2.75) is 6.54 Å². The summed E-state index contributed by atoms with van der Waals surface area (Å²) in [5.41, 5.74) is 0.910. The molecule has 6 nitrogen and oxygen atoms in total. The van der Waals surface area contributed by atoms with Gasteiger partial charge in [0.25, 0.3) is 0 Å². The fourth-order valence-electron chi connectivity index (χ4n) is 1.46. The first-order valence-electron chi connectivity index (χ1n) is 5.12. The summed E-state index contributed by atoms with van der Waals surface area (Å²) in [6, 6.07) is 8.24. The van der Waals surface area contributed by atoms with Crippen LogP contribution in [0.15, 0.2) is 36.5 Å². The van der Waals surface area contributed by atoms with Gasteiger partial charge in [0.15, 0.2) is 0 Å². The van der Waals surface area contributed by atoms with Crippen molar-refractivity contribution in [2.24, 2.45) is 0 Å². The second-order valence-electron chi connectivity index (χ2n) is 3.46. The van der Waals surface area contributed by atoms with Gasteiger partial charge >= 0.3 is 5.69 Å². The van der Waals surface area contributed by atoms with Gasteiger partial charge in [0, 0.05) is 6.20 Å². The third kappa shape index (κ3) is 2.72. The summed E-state index contributed by atoms with van der Waals surface area (Å²) in [6.45, 7) is 0.342. The number of aromatic nitrogens is 2. The molecule has 18 heavy (non-hydrogen) atoms. The predicted octanol–water partition coefficient (Wildman–Crippen LogP) is 2.65. The lowest BCUT2D eigenvalue weighted by molar-refractivity contribution is -0.383. The first kappa shape index (κ1) is 12.3. The Kier molecular flexibility index (Phi) is 3.69. The molecule has 0 bridgehead atoms. The Labute approximate surface area is 108 Å². The lowest BCUT2D eigenvalue weighted by Gasteiger charge is -2.06. The number of rotatable bonds is 4. The molecule has 0 saturated heterocycles. The fraction of sp³-hybridized carbons (Fsp3) is 0.0909. The molecule has 0 aliphatic heterocycles. The normalized spacial score (nSPS) is 10.1. The average Bonchev–Trinajstić information content (AvgIpc) is 2.37. The molecule has 2 aromatic rings. The van der Waals surface area contributed by atoms with E-state index in [4.69, 9.17) is 11.6 Å². The van der Waals surface area contributed by atoms with Gasteiger partial charge < -0.3 is 5.32 Å². The van der Waals surface area contributed by atoms with Crippen LogP contribution in [-0.4, -0.2) is 15.1 Å². The molecule has 7 heteroatoms. The van der Waals surface area contributed by atoms with Crippen LogP contribution in [-0.2, 0) is 6.54 Å². The first-order chi connectivity index (χ1) is 8.68. The summed E-state index contributed by atoms with van der Waals surface area (Å²) >= 11 is 5.80. The number of halogens is 1. The van der Waals surface area contributed by atoms with Crippen molar-refractivity contribution in [1.82, 2.24) is 10.2 Å². The first-order valence-corrected chi connectivity index (χ1v) is 5.49. The van der Waals surface area contributed by atoms with Crippen LogP contribution in [0.2, 0.25) is 5.02 Å². The minimum atomic E-state index is -0.513. The van der Waals surface area contributed by atoms with Crippen molar-refractivity contribution >= 4 is 23.0 Å².